The van der Waals surface area contributed by atoms with Gasteiger partial charge in [0.05, 0.1) is 4.92 Å². The highest BCUT2D eigenvalue weighted by Gasteiger charge is 2.12. The first kappa shape index (κ1) is 14.9. The highest BCUT2D eigenvalue weighted by Crippen LogP contribution is 2.22. The molecule has 100 valence electrons. The smallest absolute Gasteiger partial charge is 0.273 e. The minimum absolute atomic E-state index is 0.125. The van der Waals surface area contributed by atoms with Gasteiger partial charge in [-0.15, -0.1) is 0 Å². The molecule has 0 radical (unpaired) electrons. The Bertz CT molecular complexity index is 397. The molecular formula is C13H19ClN2O2. The van der Waals surface area contributed by atoms with Gasteiger partial charge in [0.15, 0.2) is 0 Å². The second-order valence-corrected chi connectivity index (χ2v) is 4.70. The molecule has 18 heavy (non-hydrogen) atoms. The molecule has 5 heteroatoms. The minimum Gasteiger partial charge on any atom is -0.312 e. The molecule has 0 aliphatic carbocycles. The van der Waals surface area contributed by atoms with E-state index < -0.39 is 0 Å². The van der Waals surface area contributed by atoms with Crippen molar-refractivity contribution in [2.45, 2.75) is 39.2 Å². The molecule has 0 amide bonds. The van der Waals surface area contributed by atoms with Crippen LogP contribution in [0.2, 0.25) is 5.02 Å². The normalized spacial score (nSPS) is 10.6. The van der Waals surface area contributed by atoms with Crippen LogP contribution >= 0.6 is 11.6 Å². The summed E-state index contributed by atoms with van der Waals surface area (Å²) in [7, 11) is 0. The van der Waals surface area contributed by atoms with Crippen LogP contribution in [0.5, 0.6) is 0 Å². The number of rotatable bonds is 8. The van der Waals surface area contributed by atoms with E-state index in [0.29, 0.717) is 17.1 Å². The van der Waals surface area contributed by atoms with Crippen LogP contribution in [0.4, 0.5) is 5.69 Å². The molecule has 1 rings (SSSR count). The van der Waals surface area contributed by atoms with E-state index in [4.69, 9.17) is 11.6 Å². The molecule has 0 aliphatic rings. The molecule has 4 nitrogen and oxygen atoms in total. The number of halogens is 1. The molecule has 0 aromatic heterocycles. The standard InChI is InChI=1S/C13H19ClN2O2/c1-2-3-4-5-8-15-10-11-9-12(14)6-7-13(11)16(17)18/h6-7,9,15H,2-5,8,10H2,1H3. The molecular weight excluding hydrogens is 252 g/mol. The molecule has 0 spiro atoms. The van der Waals surface area contributed by atoms with Crippen molar-refractivity contribution in [1.82, 2.24) is 5.32 Å². The highest BCUT2D eigenvalue weighted by molar-refractivity contribution is 6.30. The lowest BCUT2D eigenvalue weighted by molar-refractivity contribution is -0.385. The Kier molecular flexibility index (Phi) is 6.68. The van der Waals surface area contributed by atoms with Crippen molar-refractivity contribution in [3.8, 4) is 0 Å². The summed E-state index contributed by atoms with van der Waals surface area (Å²) in [6.07, 6.45) is 4.74. The van der Waals surface area contributed by atoms with Crippen LogP contribution in [0, 0.1) is 10.1 Å². The van der Waals surface area contributed by atoms with E-state index in [1.165, 1.54) is 25.3 Å². The Hall–Kier alpha value is -1.13. The molecule has 0 saturated carbocycles. The van der Waals surface area contributed by atoms with Gasteiger partial charge >= 0.3 is 0 Å². The summed E-state index contributed by atoms with van der Waals surface area (Å²) >= 11 is 5.85. The maximum Gasteiger partial charge on any atom is 0.273 e. The molecule has 0 atom stereocenters. The average Bonchev–Trinajstić information content (AvgIpc) is 2.33. The predicted molar refractivity (Wildman–Crippen MR) is 74.0 cm³/mol. The minimum atomic E-state index is -0.371. The van der Waals surface area contributed by atoms with Gasteiger partial charge in [0, 0.05) is 23.2 Å². The van der Waals surface area contributed by atoms with Crippen LogP contribution in [-0.2, 0) is 6.54 Å². The molecule has 0 fully saturated rings. The number of nitrogens with zero attached hydrogens (tertiary/aromatic N) is 1. The molecule has 0 aliphatic heterocycles. The first-order valence-corrected chi connectivity index (χ1v) is 6.66. The molecule has 1 aromatic carbocycles. The van der Waals surface area contributed by atoms with Crippen molar-refractivity contribution in [2.75, 3.05) is 6.54 Å². The Balaban J connectivity index is 2.45. The fourth-order valence-electron chi connectivity index (χ4n) is 1.77. The average molecular weight is 271 g/mol. The summed E-state index contributed by atoms with van der Waals surface area (Å²) in [5.41, 5.74) is 0.767. The maximum atomic E-state index is 10.8. The van der Waals surface area contributed by atoms with Crippen molar-refractivity contribution in [3.05, 3.63) is 38.9 Å². The number of nitrogens with one attached hydrogen (secondary N) is 1. The molecule has 0 unspecified atom stereocenters. The SMILES string of the molecule is CCCCCCNCc1cc(Cl)ccc1[N+](=O)[O-]. The third-order valence-electron chi connectivity index (χ3n) is 2.76. The van der Waals surface area contributed by atoms with E-state index in [0.717, 1.165) is 13.0 Å². The quantitative estimate of drug-likeness (QED) is 0.442. The van der Waals surface area contributed by atoms with Crippen molar-refractivity contribution < 1.29 is 4.92 Å². The number of hydrogen-bond donors (Lipinski definition) is 1. The van der Waals surface area contributed by atoms with Crippen LogP contribution in [0.15, 0.2) is 18.2 Å². The number of unbranched alkanes of at least 4 members (excludes halogenated alkanes) is 3. The van der Waals surface area contributed by atoms with E-state index in [-0.39, 0.29) is 10.6 Å². The van der Waals surface area contributed by atoms with E-state index in [1.807, 2.05) is 0 Å². The fraction of sp³-hybridized carbons (Fsp3) is 0.538. The number of nitro groups is 1. The lowest BCUT2D eigenvalue weighted by Crippen LogP contribution is -2.15. The van der Waals surface area contributed by atoms with Crippen molar-refractivity contribution in [3.63, 3.8) is 0 Å². The summed E-state index contributed by atoms with van der Waals surface area (Å²) in [5, 5.41) is 14.6. The van der Waals surface area contributed by atoms with Crippen LogP contribution in [0.25, 0.3) is 0 Å². The second kappa shape index (κ2) is 8.06. The zero-order valence-corrected chi connectivity index (χ0v) is 11.4. The van der Waals surface area contributed by atoms with Crippen molar-refractivity contribution >= 4 is 17.3 Å². The largest absolute Gasteiger partial charge is 0.312 e. The topological polar surface area (TPSA) is 55.2 Å². The Morgan fingerprint density at radius 3 is 2.78 bits per heavy atom. The van der Waals surface area contributed by atoms with Gasteiger partial charge < -0.3 is 5.32 Å². The lowest BCUT2D eigenvalue weighted by Gasteiger charge is -2.06. The monoisotopic (exact) mass is 270 g/mol. The van der Waals surface area contributed by atoms with Crippen LogP contribution in [0.3, 0.4) is 0 Å². The summed E-state index contributed by atoms with van der Waals surface area (Å²) in [5.74, 6) is 0. The highest BCUT2D eigenvalue weighted by atomic mass is 35.5. The molecule has 0 heterocycles. The van der Waals surface area contributed by atoms with Gasteiger partial charge in [-0.05, 0) is 25.1 Å². The van der Waals surface area contributed by atoms with Gasteiger partial charge in [-0.1, -0.05) is 37.8 Å². The van der Waals surface area contributed by atoms with Crippen LogP contribution < -0.4 is 5.32 Å². The lowest BCUT2D eigenvalue weighted by atomic mass is 10.1. The van der Waals surface area contributed by atoms with Gasteiger partial charge in [0.25, 0.3) is 5.69 Å². The van der Waals surface area contributed by atoms with Crippen molar-refractivity contribution in [2.24, 2.45) is 0 Å². The maximum absolute atomic E-state index is 10.8. The van der Waals surface area contributed by atoms with Gasteiger partial charge in [0.2, 0.25) is 0 Å². The van der Waals surface area contributed by atoms with Crippen LogP contribution in [0.1, 0.15) is 38.2 Å². The van der Waals surface area contributed by atoms with E-state index in [9.17, 15) is 10.1 Å². The van der Waals surface area contributed by atoms with Gasteiger partial charge in [-0.25, -0.2) is 0 Å². The summed E-state index contributed by atoms with van der Waals surface area (Å²) < 4.78 is 0. The number of nitro benzene ring substituents is 1. The summed E-state index contributed by atoms with van der Waals surface area (Å²) in [6, 6.07) is 4.65. The van der Waals surface area contributed by atoms with Gasteiger partial charge in [-0.3, -0.25) is 10.1 Å². The molecule has 0 bridgehead atoms. The molecule has 0 saturated heterocycles. The summed E-state index contributed by atoms with van der Waals surface area (Å²) in [4.78, 5) is 10.5. The van der Waals surface area contributed by atoms with Gasteiger partial charge in [0.1, 0.15) is 0 Å². The van der Waals surface area contributed by atoms with Crippen LogP contribution in [-0.4, -0.2) is 11.5 Å². The number of benzene rings is 1. The first-order valence-electron chi connectivity index (χ1n) is 6.28. The molecule has 1 aromatic rings. The molecule has 1 N–H and O–H groups in total. The summed E-state index contributed by atoms with van der Waals surface area (Å²) in [6.45, 7) is 3.54. The third kappa shape index (κ3) is 5.02. The zero-order valence-electron chi connectivity index (χ0n) is 10.6. The van der Waals surface area contributed by atoms with Crippen molar-refractivity contribution in [1.29, 1.82) is 0 Å². The second-order valence-electron chi connectivity index (χ2n) is 4.27. The Morgan fingerprint density at radius 2 is 2.11 bits per heavy atom. The number of hydrogen-bond acceptors (Lipinski definition) is 3. The third-order valence-corrected chi connectivity index (χ3v) is 3.00. The van der Waals surface area contributed by atoms with E-state index in [2.05, 4.69) is 12.2 Å². The Labute approximate surface area is 112 Å². The van der Waals surface area contributed by atoms with E-state index >= 15 is 0 Å². The zero-order chi connectivity index (χ0) is 13.4. The first-order chi connectivity index (χ1) is 8.65. The van der Waals surface area contributed by atoms with Gasteiger partial charge in [-0.2, -0.15) is 0 Å². The Morgan fingerprint density at radius 1 is 1.33 bits per heavy atom. The van der Waals surface area contributed by atoms with E-state index in [1.54, 1.807) is 12.1 Å². The fourth-order valence-corrected chi connectivity index (χ4v) is 1.97. The predicted octanol–water partition coefficient (Wildman–Crippen LogP) is 3.92.